The van der Waals surface area contributed by atoms with Crippen molar-refractivity contribution in [2.75, 3.05) is 19.5 Å². The van der Waals surface area contributed by atoms with E-state index in [0.29, 0.717) is 42.3 Å². The minimum atomic E-state index is -4.15. The summed E-state index contributed by atoms with van der Waals surface area (Å²) in [4.78, 5) is 13.7. The fourth-order valence-corrected chi connectivity index (χ4v) is 3.78. The highest BCUT2D eigenvalue weighted by Gasteiger charge is 2.22. The summed E-state index contributed by atoms with van der Waals surface area (Å²) in [5.41, 5.74) is 9.16. The SMILES string of the molecule is COP(=O)(O)OC[n+]1cccc(-c2cc(Cc3ccnc(OCCc4cccc(F)c4)c3)no2)c1N. The second-order valence-electron chi connectivity index (χ2n) is 7.78. The quantitative estimate of drug-likeness (QED) is 0.227. The fourth-order valence-electron chi connectivity index (χ4n) is 3.41. The van der Waals surface area contributed by atoms with Crippen molar-refractivity contribution in [2.24, 2.45) is 0 Å². The van der Waals surface area contributed by atoms with E-state index in [-0.39, 0.29) is 18.4 Å². The van der Waals surface area contributed by atoms with Crippen molar-refractivity contribution in [1.29, 1.82) is 0 Å². The summed E-state index contributed by atoms with van der Waals surface area (Å²) < 4.78 is 46.8. The molecule has 188 valence electrons. The first-order chi connectivity index (χ1) is 17.3. The first-order valence-corrected chi connectivity index (χ1v) is 12.4. The van der Waals surface area contributed by atoms with Crippen molar-refractivity contribution in [3.05, 3.63) is 89.6 Å². The van der Waals surface area contributed by atoms with Gasteiger partial charge >= 0.3 is 7.82 Å². The van der Waals surface area contributed by atoms with E-state index < -0.39 is 7.82 Å². The molecule has 36 heavy (non-hydrogen) atoms. The van der Waals surface area contributed by atoms with Gasteiger partial charge in [-0.1, -0.05) is 17.3 Å². The molecule has 0 fully saturated rings. The molecule has 0 radical (unpaired) electrons. The Morgan fingerprint density at radius 3 is 2.83 bits per heavy atom. The van der Waals surface area contributed by atoms with Gasteiger partial charge in [-0.25, -0.2) is 23.0 Å². The second-order valence-corrected chi connectivity index (χ2v) is 9.34. The number of pyridine rings is 2. The Balaban J connectivity index is 1.39. The Hall–Kier alpha value is -3.63. The summed E-state index contributed by atoms with van der Waals surface area (Å²) >= 11 is 0. The molecule has 0 saturated carbocycles. The molecule has 10 nitrogen and oxygen atoms in total. The fraction of sp³-hybridized carbons (Fsp3) is 0.208. The highest BCUT2D eigenvalue weighted by Crippen LogP contribution is 2.41. The number of nitrogen functional groups attached to an aromatic ring is 1. The molecule has 3 aromatic heterocycles. The van der Waals surface area contributed by atoms with Crippen molar-refractivity contribution in [3.63, 3.8) is 0 Å². The molecule has 0 aliphatic heterocycles. The molecule has 0 aliphatic carbocycles. The molecule has 0 bridgehead atoms. The maximum absolute atomic E-state index is 13.3. The van der Waals surface area contributed by atoms with Gasteiger partial charge in [0.05, 0.1) is 18.5 Å². The van der Waals surface area contributed by atoms with Crippen LogP contribution < -0.4 is 15.0 Å². The number of nitrogens with zero attached hydrogens (tertiary/aromatic N) is 3. The summed E-state index contributed by atoms with van der Waals surface area (Å²) in [6.45, 7) is 0.0718. The summed E-state index contributed by atoms with van der Waals surface area (Å²) in [6.07, 6.45) is 4.26. The number of phosphoric ester groups is 1. The van der Waals surface area contributed by atoms with Gasteiger partial charge in [0.25, 0.3) is 5.82 Å². The number of ether oxygens (including phenoxy) is 1. The normalized spacial score (nSPS) is 12.9. The van der Waals surface area contributed by atoms with Crippen molar-refractivity contribution < 1.29 is 36.7 Å². The van der Waals surface area contributed by atoms with Gasteiger partial charge in [-0.3, -0.25) is 10.3 Å². The first-order valence-electron chi connectivity index (χ1n) is 10.9. The molecular weight excluding hydrogens is 490 g/mol. The molecule has 1 unspecified atom stereocenters. The third kappa shape index (κ3) is 6.73. The van der Waals surface area contributed by atoms with Crippen LogP contribution in [0.4, 0.5) is 10.2 Å². The maximum atomic E-state index is 13.3. The average Bonchev–Trinajstić information content (AvgIpc) is 3.32. The van der Waals surface area contributed by atoms with Crippen LogP contribution >= 0.6 is 7.82 Å². The largest absolute Gasteiger partial charge is 0.477 e. The lowest BCUT2D eigenvalue weighted by molar-refractivity contribution is -0.711. The van der Waals surface area contributed by atoms with Gasteiger partial charge in [0.2, 0.25) is 12.6 Å². The van der Waals surface area contributed by atoms with Gasteiger partial charge in [-0.15, -0.1) is 0 Å². The zero-order chi connectivity index (χ0) is 25.5. The van der Waals surface area contributed by atoms with E-state index in [1.807, 2.05) is 18.2 Å². The number of benzene rings is 1. The molecule has 12 heteroatoms. The van der Waals surface area contributed by atoms with Crippen LogP contribution in [0.25, 0.3) is 11.3 Å². The van der Waals surface area contributed by atoms with Crippen molar-refractivity contribution in [1.82, 2.24) is 10.1 Å². The molecule has 0 amide bonds. The second kappa shape index (κ2) is 11.4. The molecule has 4 aromatic rings. The van der Waals surface area contributed by atoms with Crippen LogP contribution in [0.3, 0.4) is 0 Å². The van der Waals surface area contributed by atoms with Gasteiger partial charge in [0.15, 0.2) is 5.76 Å². The van der Waals surface area contributed by atoms with Gasteiger partial charge in [0, 0.05) is 38.3 Å². The molecule has 0 spiro atoms. The van der Waals surface area contributed by atoms with Crippen molar-refractivity contribution >= 4 is 13.6 Å². The van der Waals surface area contributed by atoms with Crippen molar-refractivity contribution in [2.45, 2.75) is 19.6 Å². The molecule has 1 aromatic carbocycles. The van der Waals surface area contributed by atoms with E-state index in [0.717, 1.165) is 18.2 Å². The predicted molar refractivity (Wildman–Crippen MR) is 127 cm³/mol. The standard InChI is InChI=1S/C24H24FN4O6P/c1-32-36(30,31)34-16-29-10-3-6-21(24(29)26)22-15-20(28-35-22)13-18-7-9-27-23(14-18)33-11-8-17-4-2-5-19(25)12-17/h2-7,9-10,12,14-15,26H,8,11,13,16H2,1H3,(H,30,31)/p+1. The van der Waals surface area contributed by atoms with Gasteiger partial charge < -0.3 is 14.2 Å². The Morgan fingerprint density at radius 2 is 2.03 bits per heavy atom. The lowest BCUT2D eigenvalue weighted by Crippen LogP contribution is -2.38. The monoisotopic (exact) mass is 515 g/mol. The Morgan fingerprint density at radius 1 is 1.17 bits per heavy atom. The lowest BCUT2D eigenvalue weighted by Gasteiger charge is -2.09. The van der Waals surface area contributed by atoms with Crippen LogP contribution in [0.2, 0.25) is 0 Å². The number of hydrogen-bond acceptors (Lipinski definition) is 8. The molecule has 0 aliphatic rings. The summed E-state index contributed by atoms with van der Waals surface area (Å²) in [5, 5.41) is 4.12. The van der Waals surface area contributed by atoms with E-state index >= 15 is 0 Å². The number of nitrogens with two attached hydrogens (primary N) is 1. The van der Waals surface area contributed by atoms with Gasteiger partial charge in [-0.2, -0.15) is 0 Å². The van der Waals surface area contributed by atoms with Crippen LogP contribution in [0.15, 0.2) is 71.5 Å². The van der Waals surface area contributed by atoms with Crippen LogP contribution in [0.1, 0.15) is 16.8 Å². The molecule has 3 heterocycles. The van der Waals surface area contributed by atoms with E-state index in [4.69, 9.17) is 19.5 Å². The van der Waals surface area contributed by atoms with Crippen LogP contribution in [-0.4, -0.2) is 28.8 Å². The number of rotatable bonds is 11. The van der Waals surface area contributed by atoms with Gasteiger partial charge in [-0.05, 0) is 41.5 Å². The Bertz CT molecular complexity index is 1380. The molecule has 1 atom stereocenters. The Kier molecular flexibility index (Phi) is 8.07. The highest BCUT2D eigenvalue weighted by molar-refractivity contribution is 7.47. The van der Waals surface area contributed by atoms with E-state index in [1.54, 1.807) is 36.7 Å². The third-order valence-electron chi connectivity index (χ3n) is 5.24. The average molecular weight is 515 g/mol. The lowest BCUT2D eigenvalue weighted by atomic mass is 10.1. The van der Waals surface area contributed by atoms with Gasteiger partial charge in [0.1, 0.15) is 11.4 Å². The number of hydrogen-bond donors (Lipinski definition) is 2. The van der Waals surface area contributed by atoms with E-state index in [9.17, 15) is 13.8 Å². The van der Waals surface area contributed by atoms with Crippen LogP contribution in [-0.2, 0) is 33.2 Å². The molecular formula is C24H25FN4O6P+. The Labute approximate surface area is 206 Å². The minimum absolute atomic E-state index is 0.259. The summed E-state index contributed by atoms with van der Waals surface area (Å²) in [5.74, 6) is 0.867. The van der Waals surface area contributed by atoms with E-state index in [1.165, 1.54) is 16.7 Å². The zero-order valence-corrected chi connectivity index (χ0v) is 20.3. The molecule has 3 N–H and O–H groups in total. The van der Waals surface area contributed by atoms with Crippen molar-refractivity contribution in [3.8, 4) is 17.2 Å². The topological polar surface area (TPSA) is 134 Å². The summed E-state index contributed by atoms with van der Waals surface area (Å²) in [7, 11) is -3.08. The minimum Gasteiger partial charge on any atom is -0.477 e. The van der Waals surface area contributed by atoms with E-state index in [2.05, 4.69) is 14.7 Å². The van der Waals surface area contributed by atoms with Crippen LogP contribution in [0.5, 0.6) is 5.88 Å². The number of phosphoric acid groups is 1. The molecule has 4 rings (SSSR count). The smallest absolute Gasteiger partial charge is 0.475 e. The number of anilines is 1. The first kappa shape index (κ1) is 25.5. The third-order valence-corrected chi connectivity index (χ3v) is 6.15. The maximum Gasteiger partial charge on any atom is 0.475 e. The highest BCUT2D eigenvalue weighted by atomic mass is 31.2. The summed E-state index contributed by atoms with van der Waals surface area (Å²) in [6, 6.07) is 15.2. The molecule has 0 saturated heterocycles. The predicted octanol–water partition coefficient (Wildman–Crippen LogP) is 3.68. The van der Waals surface area contributed by atoms with Crippen LogP contribution in [0, 0.1) is 5.82 Å². The number of aromatic nitrogens is 3. The zero-order valence-electron chi connectivity index (χ0n) is 19.4. The number of halogens is 1.